The molecule has 2 aromatic rings. The molecule has 0 spiro atoms. The van der Waals surface area contributed by atoms with E-state index in [4.69, 9.17) is 4.74 Å². The standard InChI is InChI=1S/C23H28N4O2/c1-15-2-3-17-10-18(13-25-22(15)17)23(28)26-19-11-16-4-5-20(12-21(16)29-14-19)27-8-6-24-7-9-27/h4-5,10,12-13,15,19,24H,2-3,6-9,11,14H2,1H3,(H,26,28)/t15-,19+/m0/s1. The number of carbonyl (C=O) groups excluding carboxylic acids is 1. The van der Waals surface area contributed by atoms with Gasteiger partial charge in [0.15, 0.2) is 0 Å². The van der Waals surface area contributed by atoms with Crippen LogP contribution < -0.4 is 20.3 Å². The highest BCUT2D eigenvalue weighted by molar-refractivity contribution is 5.94. The van der Waals surface area contributed by atoms with Crippen molar-refractivity contribution in [3.8, 4) is 5.75 Å². The van der Waals surface area contributed by atoms with Crippen LogP contribution >= 0.6 is 0 Å². The maximum Gasteiger partial charge on any atom is 0.253 e. The molecule has 0 unspecified atom stereocenters. The lowest BCUT2D eigenvalue weighted by Crippen LogP contribution is -2.44. The summed E-state index contributed by atoms with van der Waals surface area (Å²) in [5, 5.41) is 6.52. The first-order valence-electron chi connectivity index (χ1n) is 10.7. The van der Waals surface area contributed by atoms with Gasteiger partial charge in [-0.25, -0.2) is 0 Å². The van der Waals surface area contributed by atoms with Crippen LogP contribution in [0.25, 0.3) is 0 Å². The zero-order valence-electron chi connectivity index (χ0n) is 16.9. The summed E-state index contributed by atoms with van der Waals surface area (Å²) in [5.74, 6) is 1.38. The van der Waals surface area contributed by atoms with Crippen molar-refractivity contribution in [1.29, 1.82) is 0 Å². The van der Waals surface area contributed by atoms with Crippen LogP contribution in [0.5, 0.6) is 5.75 Å². The Bertz CT molecular complexity index is 923. The lowest BCUT2D eigenvalue weighted by molar-refractivity contribution is 0.0915. The van der Waals surface area contributed by atoms with Crippen molar-refractivity contribution in [2.75, 3.05) is 37.7 Å². The Balaban J connectivity index is 1.25. The third-order valence-electron chi connectivity index (χ3n) is 6.35. The van der Waals surface area contributed by atoms with E-state index < -0.39 is 0 Å². The molecule has 1 saturated heterocycles. The quantitative estimate of drug-likeness (QED) is 0.839. The lowest BCUT2D eigenvalue weighted by atomic mass is 10.0. The van der Waals surface area contributed by atoms with E-state index in [1.165, 1.54) is 11.3 Å². The van der Waals surface area contributed by atoms with Gasteiger partial charge < -0.3 is 20.3 Å². The average Bonchev–Trinajstić information content (AvgIpc) is 3.14. The molecule has 2 N–H and O–H groups in total. The lowest BCUT2D eigenvalue weighted by Gasteiger charge is -2.31. The van der Waals surface area contributed by atoms with Gasteiger partial charge in [0.1, 0.15) is 12.4 Å². The molecule has 0 saturated carbocycles. The fraction of sp³-hybridized carbons (Fsp3) is 0.478. The summed E-state index contributed by atoms with van der Waals surface area (Å²) in [5.41, 5.74) is 5.39. The minimum Gasteiger partial charge on any atom is -0.491 e. The van der Waals surface area contributed by atoms with Crippen LogP contribution in [-0.4, -0.2) is 49.7 Å². The van der Waals surface area contributed by atoms with E-state index in [2.05, 4.69) is 45.6 Å². The Kier molecular flexibility index (Phi) is 4.87. The van der Waals surface area contributed by atoms with Crippen molar-refractivity contribution in [3.05, 3.63) is 52.8 Å². The van der Waals surface area contributed by atoms with Gasteiger partial charge in [-0.2, -0.15) is 0 Å². The summed E-state index contributed by atoms with van der Waals surface area (Å²) >= 11 is 0. The molecule has 1 aliphatic carbocycles. The molecule has 1 aromatic carbocycles. The Morgan fingerprint density at radius 2 is 2.10 bits per heavy atom. The highest BCUT2D eigenvalue weighted by atomic mass is 16.5. The van der Waals surface area contributed by atoms with E-state index in [1.54, 1.807) is 6.20 Å². The van der Waals surface area contributed by atoms with Crippen molar-refractivity contribution in [2.24, 2.45) is 0 Å². The number of ether oxygens (including phenoxy) is 1. The SMILES string of the molecule is C[C@H]1CCc2cc(C(=O)N[C@H]3COc4cc(N5CCNCC5)ccc4C3)cnc21. The van der Waals surface area contributed by atoms with Gasteiger partial charge in [-0.3, -0.25) is 9.78 Å². The van der Waals surface area contributed by atoms with E-state index in [-0.39, 0.29) is 11.9 Å². The minimum absolute atomic E-state index is 0.0211. The molecular weight excluding hydrogens is 364 g/mol. The number of aryl methyl sites for hydroxylation is 1. The van der Waals surface area contributed by atoms with E-state index in [0.717, 1.165) is 62.4 Å². The maximum atomic E-state index is 12.7. The van der Waals surface area contributed by atoms with E-state index in [9.17, 15) is 4.79 Å². The smallest absolute Gasteiger partial charge is 0.253 e. The molecule has 29 heavy (non-hydrogen) atoms. The topological polar surface area (TPSA) is 66.5 Å². The Morgan fingerprint density at radius 1 is 1.24 bits per heavy atom. The van der Waals surface area contributed by atoms with E-state index >= 15 is 0 Å². The summed E-state index contributed by atoms with van der Waals surface area (Å²) in [6, 6.07) is 8.45. The molecule has 3 heterocycles. The van der Waals surface area contributed by atoms with Crippen LogP contribution in [0.1, 0.15) is 46.4 Å². The van der Waals surface area contributed by atoms with Gasteiger partial charge in [0.25, 0.3) is 5.91 Å². The Labute approximate surface area is 171 Å². The molecule has 2 aliphatic heterocycles. The number of carbonyl (C=O) groups is 1. The van der Waals surface area contributed by atoms with Crippen LogP contribution in [-0.2, 0) is 12.8 Å². The molecule has 1 amide bonds. The molecule has 152 valence electrons. The predicted octanol–water partition coefficient (Wildman–Crippen LogP) is 2.27. The number of amides is 1. The van der Waals surface area contributed by atoms with Crippen molar-refractivity contribution < 1.29 is 9.53 Å². The van der Waals surface area contributed by atoms with E-state index in [1.807, 2.05) is 6.07 Å². The third-order valence-corrected chi connectivity index (χ3v) is 6.35. The van der Waals surface area contributed by atoms with Gasteiger partial charge in [-0.15, -0.1) is 0 Å². The highest BCUT2D eigenvalue weighted by Crippen LogP contribution is 2.32. The summed E-state index contributed by atoms with van der Waals surface area (Å²) in [6.07, 6.45) is 4.64. The highest BCUT2D eigenvalue weighted by Gasteiger charge is 2.25. The number of nitrogens with one attached hydrogen (secondary N) is 2. The van der Waals surface area contributed by atoms with Gasteiger partial charge >= 0.3 is 0 Å². The number of hydrogen-bond acceptors (Lipinski definition) is 5. The zero-order chi connectivity index (χ0) is 19.8. The number of benzene rings is 1. The molecule has 3 aliphatic rings. The minimum atomic E-state index is -0.0608. The van der Waals surface area contributed by atoms with Crippen molar-refractivity contribution in [3.63, 3.8) is 0 Å². The van der Waals surface area contributed by atoms with Crippen molar-refractivity contribution >= 4 is 11.6 Å². The maximum absolute atomic E-state index is 12.7. The zero-order valence-corrected chi connectivity index (χ0v) is 16.9. The molecular formula is C23H28N4O2. The van der Waals surface area contributed by atoms with Gasteiger partial charge in [0.2, 0.25) is 0 Å². The number of anilines is 1. The van der Waals surface area contributed by atoms with Gasteiger partial charge in [0.05, 0.1) is 11.6 Å². The predicted molar refractivity (Wildman–Crippen MR) is 113 cm³/mol. The molecule has 1 aromatic heterocycles. The van der Waals surface area contributed by atoms with Gasteiger partial charge in [-0.05, 0) is 48.4 Å². The Hall–Kier alpha value is -2.60. The molecule has 1 fully saturated rings. The Morgan fingerprint density at radius 3 is 2.97 bits per heavy atom. The first-order valence-corrected chi connectivity index (χ1v) is 10.7. The number of aromatic nitrogens is 1. The monoisotopic (exact) mass is 392 g/mol. The second kappa shape index (κ2) is 7.67. The molecule has 2 atom stereocenters. The van der Waals surface area contributed by atoms with Crippen LogP contribution in [0, 0.1) is 0 Å². The molecule has 0 bridgehead atoms. The fourth-order valence-corrected chi connectivity index (χ4v) is 4.64. The van der Waals surface area contributed by atoms with E-state index in [0.29, 0.717) is 18.1 Å². The second-order valence-electron chi connectivity index (χ2n) is 8.42. The summed E-state index contributed by atoms with van der Waals surface area (Å²) in [7, 11) is 0. The fourth-order valence-electron chi connectivity index (χ4n) is 4.64. The van der Waals surface area contributed by atoms with Crippen molar-refractivity contribution in [2.45, 2.75) is 38.1 Å². The summed E-state index contributed by atoms with van der Waals surface area (Å²) < 4.78 is 6.02. The van der Waals surface area contributed by atoms with Gasteiger partial charge in [0, 0.05) is 49.8 Å². The molecule has 6 heteroatoms. The first kappa shape index (κ1) is 18.4. The van der Waals surface area contributed by atoms with Crippen LogP contribution in [0.15, 0.2) is 30.5 Å². The van der Waals surface area contributed by atoms with Crippen LogP contribution in [0.3, 0.4) is 0 Å². The number of pyridine rings is 1. The first-order chi connectivity index (χ1) is 14.2. The largest absolute Gasteiger partial charge is 0.491 e. The number of rotatable bonds is 3. The summed E-state index contributed by atoms with van der Waals surface area (Å²) in [4.78, 5) is 19.7. The summed E-state index contributed by atoms with van der Waals surface area (Å²) in [6.45, 7) is 6.77. The van der Waals surface area contributed by atoms with Gasteiger partial charge in [-0.1, -0.05) is 13.0 Å². The normalized spacial score (nSPS) is 23.1. The number of piperazine rings is 1. The number of fused-ring (bicyclic) bond motifs is 2. The third kappa shape index (κ3) is 3.69. The number of nitrogens with zero attached hydrogens (tertiary/aromatic N) is 2. The molecule has 0 radical (unpaired) electrons. The van der Waals surface area contributed by atoms with Crippen LogP contribution in [0.2, 0.25) is 0 Å². The second-order valence-corrected chi connectivity index (χ2v) is 8.42. The molecule has 6 nitrogen and oxygen atoms in total. The van der Waals surface area contributed by atoms with Crippen molar-refractivity contribution in [1.82, 2.24) is 15.6 Å². The van der Waals surface area contributed by atoms with Crippen LogP contribution in [0.4, 0.5) is 5.69 Å². The average molecular weight is 393 g/mol. The molecule has 5 rings (SSSR count). The number of hydrogen-bond donors (Lipinski definition) is 2.